The van der Waals surface area contributed by atoms with Crippen molar-refractivity contribution in [2.45, 2.75) is 135 Å². The first kappa shape index (κ1) is 23.3. The average Bonchev–Trinajstić information content (AvgIpc) is 2.67. The smallest absolute Gasteiger partial charge is 0.0553 e. The molecule has 0 aromatic rings. The van der Waals surface area contributed by atoms with E-state index in [2.05, 4.69) is 43.6 Å². The zero-order valence-corrected chi connectivity index (χ0v) is 18.0. The Morgan fingerprint density at radius 2 is 0.962 bits per heavy atom. The van der Waals surface area contributed by atoms with Crippen LogP contribution in [0.3, 0.4) is 0 Å². The van der Waals surface area contributed by atoms with Crippen LogP contribution in [0.15, 0.2) is 24.4 Å². The van der Waals surface area contributed by atoms with E-state index in [0.29, 0.717) is 0 Å². The van der Waals surface area contributed by atoms with E-state index in [1.807, 2.05) is 0 Å². The maximum atomic E-state index is 3.70. The summed E-state index contributed by atoms with van der Waals surface area (Å²) in [5, 5.41) is 3.70. The Kier molecular flexibility index (Phi) is 14.8. The number of dihydropyridines is 1. The third-order valence-corrected chi connectivity index (χ3v) is 5.95. The standard InChI is InChI=1S/C25H47N/c1-3-5-7-9-11-13-15-17-21-25(23-19-20-24-26-25)22-18-16-14-12-10-8-6-4-2/h19-20,23-24,26H,3-18,21-22H2,1-2H3. The van der Waals surface area contributed by atoms with Crippen molar-refractivity contribution in [3.63, 3.8) is 0 Å². The molecule has 0 saturated carbocycles. The molecular weight excluding hydrogens is 314 g/mol. The summed E-state index contributed by atoms with van der Waals surface area (Å²) in [5.74, 6) is 0. The number of hydrogen-bond acceptors (Lipinski definition) is 1. The van der Waals surface area contributed by atoms with E-state index in [0.717, 1.165) is 0 Å². The molecule has 26 heavy (non-hydrogen) atoms. The van der Waals surface area contributed by atoms with Crippen LogP contribution in [0.2, 0.25) is 0 Å². The summed E-state index contributed by atoms with van der Waals surface area (Å²) < 4.78 is 0. The van der Waals surface area contributed by atoms with Gasteiger partial charge in [-0.15, -0.1) is 0 Å². The highest BCUT2D eigenvalue weighted by Crippen LogP contribution is 2.27. The van der Waals surface area contributed by atoms with E-state index in [-0.39, 0.29) is 5.54 Å². The van der Waals surface area contributed by atoms with Crippen LogP contribution in [0.25, 0.3) is 0 Å². The molecule has 1 aliphatic heterocycles. The third-order valence-electron chi connectivity index (χ3n) is 5.95. The van der Waals surface area contributed by atoms with Gasteiger partial charge >= 0.3 is 0 Å². The lowest BCUT2D eigenvalue weighted by atomic mass is 9.85. The highest BCUT2D eigenvalue weighted by Gasteiger charge is 2.25. The molecule has 1 heteroatoms. The van der Waals surface area contributed by atoms with Gasteiger partial charge in [0.2, 0.25) is 0 Å². The van der Waals surface area contributed by atoms with Gasteiger partial charge in [0.05, 0.1) is 5.54 Å². The van der Waals surface area contributed by atoms with E-state index < -0.39 is 0 Å². The first-order valence-electron chi connectivity index (χ1n) is 11.9. The fourth-order valence-electron chi connectivity index (χ4n) is 4.14. The van der Waals surface area contributed by atoms with Crippen molar-refractivity contribution in [3.05, 3.63) is 24.4 Å². The largest absolute Gasteiger partial charge is 0.382 e. The summed E-state index contributed by atoms with van der Waals surface area (Å²) in [6.07, 6.45) is 34.2. The second kappa shape index (κ2) is 16.5. The predicted molar refractivity (Wildman–Crippen MR) is 119 cm³/mol. The summed E-state index contributed by atoms with van der Waals surface area (Å²) in [6.45, 7) is 4.59. The van der Waals surface area contributed by atoms with Crippen LogP contribution in [0.5, 0.6) is 0 Å². The van der Waals surface area contributed by atoms with Crippen LogP contribution in [-0.4, -0.2) is 5.54 Å². The molecule has 0 bridgehead atoms. The van der Waals surface area contributed by atoms with Gasteiger partial charge in [-0.1, -0.05) is 129 Å². The minimum absolute atomic E-state index is 0.249. The number of unbranched alkanes of at least 4 members (excludes halogenated alkanes) is 14. The van der Waals surface area contributed by atoms with Gasteiger partial charge in [-0.3, -0.25) is 0 Å². The van der Waals surface area contributed by atoms with Crippen molar-refractivity contribution >= 4 is 0 Å². The molecule has 0 fully saturated rings. The van der Waals surface area contributed by atoms with Crippen molar-refractivity contribution in [1.82, 2.24) is 5.32 Å². The second-order valence-corrected chi connectivity index (χ2v) is 8.47. The first-order chi connectivity index (χ1) is 12.8. The third kappa shape index (κ3) is 11.8. The van der Waals surface area contributed by atoms with Gasteiger partial charge in [-0.25, -0.2) is 0 Å². The molecule has 1 aliphatic rings. The highest BCUT2D eigenvalue weighted by atomic mass is 14.9. The second-order valence-electron chi connectivity index (χ2n) is 8.47. The van der Waals surface area contributed by atoms with Gasteiger partial charge in [0.25, 0.3) is 0 Å². The Balaban J connectivity index is 2.11. The Morgan fingerprint density at radius 1 is 0.538 bits per heavy atom. The first-order valence-corrected chi connectivity index (χ1v) is 11.9. The lowest BCUT2D eigenvalue weighted by molar-refractivity contribution is 0.354. The van der Waals surface area contributed by atoms with Gasteiger partial charge in [-0.2, -0.15) is 0 Å². The molecule has 1 rings (SSSR count). The molecule has 0 spiro atoms. The molecular formula is C25H47N. The Labute approximate surface area is 165 Å². The molecule has 0 aliphatic carbocycles. The molecule has 1 nitrogen and oxygen atoms in total. The molecule has 1 N–H and O–H groups in total. The van der Waals surface area contributed by atoms with Crippen molar-refractivity contribution in [2.75, 3.05) is 0 Å². The minimum Gasteiger partial charge on any atom is -0.382 e. The van der Waals surface area contributed by atoms with Gasteiger partial charge in [0.15, 0.2) is 0 Å². The van der Waals surface area contributed by atoms with Crippen molar-refractivity contribution in [1.29, 1.82) is 0 Å². The monoisotopic (exact) mass is 361 g/mol. The maximum Gasteiger partial charge on any atom is 0.0553 e. The van der Waals surface area contributed by atoms with E-state index in [1.165, 1.54) is 116 Å². The number of allylic oxidation sites excluding steroid dienone is 2. The predicted octanol–water partition coefficient (Wildman–Crippen LogP) is 8.46. The number of hydrogen-bond donors (Lipinski definition) is 1. The summed E-state index contributed by atoms with van der Waals surface area (Å²) in [7, 11) is 0. The molecule has 0 radical (unpaired) electrons. The van der Waals surface area contributed by atoms with E-state index in [1.54, 1.807) is 0 Å². The van der Waals surface area contributed by atoms with Crippen LogP contribution in [0.1, 0.15) is 129 Å². The van der Waals surface area contributed by atoms with Crippen molar-refractivity contribution < 1.29 is 0 Å². The Hall–Kier alpha value is -0.720. The van der Waals surface area contributed by atoms with Gasteiger partial charge in [-0.05, 0) is 25.1 Å². The molecule has 0 amide bonds. The van der Waals surface area contributed by atoms with Gasteiger partial charge < -0.3 is 5.32 Å². The van der Waals surface area contributed by atoms with Crippen molar-refractivity contribution in [3.8, 4) is 0 Å². The van der Waals surface area contributed by atoms with Gasteiger partial charge in [0.1, 0.15) is 0 Å². The fourth-order valence-corrected chi connectivity index (χ4v) is 4.14. The van der Waals surface area contributed by atoms with E-state index in [9.17, 15) is 0 Å². The molecule has 152 valence electrons. The fraction of sp³-hybridized carbons (Fsp3) is 0.840. The Bertz CT molecular complexity index is 335. The summed E-state index contributed by atoms with van der Waals surface area (Å²) >= 11 is 0. The van der Waals surface area contributed by atoms with Crippen LogP contribution < -0.4 is 5.32 Å². The summed E-state index contributed by atoms with van der Waals surface area (Å²) in [6, 6.07) is 0. The highest BCUT2D eigenvalue weighted by molar-refractivity contribution is 5.19. The lowest BCUT2D eigenvalue weighted by Crippen LogP contribution is -2.41. The van der Waals surface area contributed by atoms with E-state index in [4.69, 9.17) is 0 Å². The molecule has 0 atom stereocenters. The zero-order chi connectivity index (χ0) is 18.8. The van der Waals surface area contributed by atoms with Crippen LogP contribution >= 0.6 is 0 Å². The lowest BCUT2D eigenvalue weighted by Gasteiger charge is -2.33. The molecule has 0 unspecified atom stereocenters. The van der Waals surface area contributed by atoms with Gasteiger partial charge in [0, 0.05) is 0 Å². The molecule has 1 heterocycles. The zero-order valence-electron chi connectivity index (χ0n) is 18.0. The van der Waals surface area contributed by atoms with Crippen LogP contribution in [0.4, 0.5) is 0 Å². The summed E-state index contributed by atoms with van der Waals surface area (Å²) in [4.78, 5) is 0. The number of nitrogens with one attached hydrogen (secondary N) is 1. The van der Waals surface area contributed by atoms with Crippen LogP contribution in [0, 0.1) is 0 Å². The maximum absolute atomic E-state index is 3.70. The minimum atomic E-state index is 0.249. The van der Waals surface area contributed by atoms with Crippen molar-refractivity contribution in [2.24, 2.45) is 0 Å². The Morgan fingerprint density at radius 3 is 1.35 bits per heavy atom. The molecule has 0 saturated heterocycles. The molecule has 0 aromatic carbocycles. The quantitative estimate of drug-likeness (QED) is 0.241. The van der Waals surface area contributed by atoms with Crippen LogP contribution in [-0.2, 0) is 0 Å². The SMILES string of the molecule is CCCCCCCCCCC1(CCCCCCCCCC)C=CC=CN1. The average molecular weight is 362 g/mol. The summed E-state index contributed by atoms with van der Waals surface area (Å²) in [5.41, 5.74) is 0.249. The van der Waals surface area contributed by atoms with E-state index >= 15 is 0 Å². The number of rotatable bonds is 18. The molecule has 0 aromatic heterocycles. The normalized spacial score (nSPS) is 15.3. The topological polar surface area (TPSA) is 12.0 Å².